The zero-order valence-corrected chi connectivity index (χ0v) is 17.0. The van der Waals surface area contributed by atoms with Gasteiger partial charge in [-0.3, -0.25) is 4.79 Å². The molecule has 0 fully saturated rings. The molecule has 0 radical (unpaired) electrons. The van der Waals surface area contributed by atoms with Crippen LogP contribution < -0.4 is 9.47 Å². The molecular weight excluding hydrogens is 376 g/mol. The quantitative estimate of drug-likeness (QED) is 0.635. The van der Waals surface area contributed by atoms with E-state index in [-0.39, 0.29) is 5.91 Å². The third-order valence-electron chi connectivity index (χ3n) is 4.62. The van der Waals surface area contributed by atoms with Crippen molar-refractivity contribution in [3.8, 4) is 22.3 Å². The van der Waals surface area contributed by atoms with Crippen LogP contribution in [0.5, 0.6) is 11.5 Å². The normalized spacial score (nSPS) is 12.8. The summed E-state index contributed by atoms with van der Waals surface area (Å²) in [6.07, 6.45) is 0. The van der Waals surface area contributed by atoms with Crippen molar-refractivity contribution in [2.24, 2.45) is 0 Å². The van der Waals surface area contributed by atoms with E-state index >= 15 is 0 Å². The van der Waals surface area contributed by atoms with Crippen molar-refractivity contribution < 1.29 is 18.7 Å². The second-order valence-corrected chi connectivity index (χ2v) is 7.60. The summed E-state index contributed by atoms with van der Waals surface area (Å²) >= 11 is 1.37. The molecule has 1 aliphatic rings. The van der Waals surface area contributed by atoms with Gasteiger partial charge in [0.05, 0.1) is 5.69 Å². The monoisotopic (exact) mass is 398 g/mol. The van der Waals surface area contributed by atoms with Crippen LogP contribution in [0.4, 0.5) is 0 Å². The summed E-state index contributed by atoms with van der Waals surface area (Å²) in [5, 5.41) is 0.721. The molecule has 7 heteroatoms. The van der Waals surface area contributed by atoms with Crippen LogP contribution in [0.25, 0.3) is 10.8 Å². The van der Waals surface area contributed by atoms with Gasteiger partial charge in [-0.25, -0.2) is 4.98 Å². The van der Waals surface area contributed by atoms with Gasteiger partial charge in [-0.1, -0.05) is 12.1 Å². The molecule has 0 N–H and O–H groups in total. The van der Waals surface area contributed by atoms with Crippen molar-refractivity contribution in [1.29, 1.82) is 0 Å². The molecule has 28 heavy (non-hydrogen) atoms. The minimum Gasteiger partial charge on any atom is -0.486 e. The molecule has 1 aromatic carbocycles. The van der Waals surface area contributed by atoms with Gasteiger partial charge in [0.1, 0.15) is 23.9 Å². The molecule has 146 valence electrons. The summed E-state index contributed by atoms with van der Waals surface area (Å²) in [6, 6.07) is 9.57. The first kappa shape index (κ1) is 18.6. The molecular formula is C21H22N2O4S. The number of para-hydroxylation sites is 1. The smallest absolute Gasteiger partial charge is 0.266 e. The van der Waals surface area contributed by atoms with Gasteiger partial charge in [0.15, 0.2) is 22.3 Å². The van der Waals surface area contributed by atoms with Crippen molar-refractivity contribution in [2.75, 3.05) is 19.8 Å². The highest BCUT2D eigenvalue weighted by molar-refractivity contribution is 7.17. The van der Waals surface area contributed by atoms with Crippen LogP contribution in [0, 0.1) is 13.8 Å². The number of aromatic nitrogens is 1. The molecule has 0 bridgehead atoms. The second kappa shape index (κ2) is 7.67. The number of nitrogens with zero attached hydrogens (tertiary/aromatic N) is 2. The topological polar surface area (TPSA) is 64.8 Å². The first-order valence-corrected chi connectivity index (χ1v) is 10.1. The summed E-state index contributed by atoms with van der Waals surface area (Å²) < 4.78 is 17.1. The van der Waals surface area contributed by atoms with Crippen molar-refractivity contribution in [2.45, 2.75) is 27.3 Å². The minimum atomic E-state index is -0.0404. The molecule has 6 nitrogen and oxygen atoms in total. The number of rotatable bonds is 5. The van der Waals surface area contributed by atoms with Gasteiger partial charge in [0.25, 0.3) is 5.91 Å². The lowest BCUT2D eigenvalue weighted by Gasteiger charge is -2.25. The maximum Gasteiger partial charge on any atom is 0.266 e. The Balaban J connectivity index is 1.59. The Hall–Kier alpha value is -2.80. The van der Waals surface area contributed by atoms with Crippen molar-refractivity contribution in [1.82, 2.24) is 9.88 Å². The maximum absolute atomic E-state index is 13.2. The van der Waals surface area contributed by atoms with Crippen LogP contribution in [0.15, 0.2) is 34.7 Å². The van der Waals surface area contributed by atoms with Crippen LogP contribution in [0.3, 0.4) is 0 Å². The van der Waals surface area contributed by atoms with E-state index in [9.17, 15) is 4.79 Å². The number of carbonyl (C=O) groups excluding carboxylic acids is 1. The molecule has 3 aromatic rings. The van der Waals surface area contributed by atoms with Gasteiger partial charge in [0, 0.05) is 18.7 Å². The van der Waals surface area contributed by atoms with Crippen LogP contribution in [-0.4, -0.2) is 35.5 Å². The van der Waals surface area contributed by atoms with Crippen LogP contribution in [0.2, 0.25) is 0 Å². The maximum atomic E-state index is 13.2. The summed E-state index contributed by atoms with van der Waals surface area (Å²) in [6.45, 7) is 7.81. The van der Waals surface area contributed by atoms with Gasteiger partial charge in [-0.15, -0.1) is 11.3 Å². The fraction of sp³-hybridized carbons (Fsp3) is 0.333. The minimum absolute atomic E-state index is 0.0404. The van der Waals surface area contributed by atoms with E-state index < -0.39 is 0 Å². The Labute approximate surface area is 167 Å². The molecule has 0 unspecified atom stereocenters. The third kappa shape index (κ3) is 3.49. The molecule has 0 saturated heterocycles. The number of aryl methyl sites for hydroxylation is 2. The molecule has 0 aliphatic carbocycles. The lowest BCUT2D eigenvalue weighted by Crippen LogP contribution is -2.30. The molecule has 4 rings (SSSR count). The number of carbonyl (C=O) groups is 1. The van der Waals surface area contributed by atoms with Crippen molar-refractivity contribution in [3.05, 3.63) is 52.2 Å². The number of fused-ring (bicyclic) bond motifs is 1. The first-order chi connectivity index (χ1) is 13.6. The predicted octanol–water partition coefficient (Wildman–Crippen LogP) is 4.45. The Morgan fingerprint density at radius 1 is 1.18 bits per heavy atom. The zero-order chi connectivity index (χ0) is 19.7. The van der Waals surface area contributed by atoms with Crippen molar-refractivity contribution >= 4 is 17.2 Å². The number of amides is 1. The molecule has 0 atom stereocenters. The Morgan fingerprint density at radius 2 is 2.00 bits per heavy atom. The van der Waals surface area contributed by atoms with Crippen LogP contribution >= 0.6 is 11.3 Å². The van der Waals surface area contributed by atoms with E-state index in [1.54, 1.807) is 4.90 Å². The number of thiazole rings is 1. The van der Waals surface area contributed by atoms with E-state index in [1.807, 2.05) is 51.1 Å². The molecule has 1 amide bonds. The summed E-state index contributed by atoms with van der Waals surface area (Å²) in [4.78, 5) is 20.2. The number of furan rings is 1. The Morgan fingerprint density at radius 3 is 2.75 bits per heavy atom. The largest absolute Gasteiger partial charge is 0.486 e. The molecule has 1 aliphatic heterocycles. The molecule has 0 spiro atoms. The van der Waals surface area contributed by atoms with Gasteiger partial charge >= 0.3 is 0 Å². The zero-order valence-electron chi connectivity index (χ0n) is 16.2. The van der Waals surface area contributed by atoms with Crippen LogP contribution in [-0.2, 0) is 6.54 Å². The predicted molar refractivity (Wildman–Crippen MR) is 107 cm³/mol. The molecule has 2 aromatic heterocycles. The molecule has 0 saturated carbocycles. The van der Waals surface area contributed by atoms with Crippen LogP contribution in [0.1, 0.15) is 33.6 Å². The number of benzene rings is 1. The SMILES string of the molecule is CCN(Cc1cccc2c1OCCO2)C(=O)c1sc(-c2ccc(C)o2)nc1C. The van der Waals surface area contributed by atoms with E-state index in [2.05, 4.69) is 4.98 Å². The average Bonchev–Trinajstić information content (AvgIpc) is 3.31. The number of hydrogen-bond acceptors (Lipinski definition) is 6. The van der Waals surface area contributed by atoms with Gasteiger partial charge in [-0.2, -0.15) is 0 Å². The Kier molecular flexibility index (Phi) is 5.09. The van der Waals surface area contributed by atoms with E-state index in [0.717, 1.165) is 27.8 Å². The lowest BCUT2D eigenvalue weighted by atomic mass is 10.1. The van der Waals surface area contributed by atoms with Crippen molar-refractivity contribution in [3.63, 3.8) is 0 Å². The Bertz CT molecular complexity index is 1010. The van der Waals surface area contributed by atoms with Gasteiger partial charge in [0.2, 0.25) is 0 Å². The average molecular weight is 398 g/mol. The standard InChI is InChI=1S/C21H22N2O4S/c1-4-23(12-15-6-5-7-16-18(15)26-11-10-25-16)21(24)19-14(3)22-20(28-19)17-9-8-13(2)27-17/h5-9H,4,10-12H2,1-3H3. The summed E-state index contributed by atoms with van der Waals surface area (Å²) in [5.41, 5.74) is 1.66. The van der Waals surface area contributed by atoms with Gasteiger partial charge < -0.3 is 18.8 Å². The summed E-state index contributed by atoms with van der Waals surface area (Å²) in [5.74, 6) is 2.93. The number of ether oxygens (including phenoxy) is 2. The highest BCUT2D eigenvalue weighted by Crippen LogP contribution is 2.35. The number of hydrogen-bond donors (Lipinski definition) is 0. The highest BCUT2D eigenvalue weighted by Gasteiger charge is 2.24. The fourth-order valence-electron chi connectivity index (χ4n) is 3.18. The van der Waals surface area contributed by atoms with Gasteiger partial charge in [-0.05, 0) is 39.0 Å². The van der Waals surface area contributed by atoms with E-state index in [1.165, 1.54) is 11.3 Å². The fourth-order valence-corrected chi connectivity index (χ4v) is 4.18. The highest BCUT2D eigenvalue weighted by atomic mass is 32.1. The molecule has 3 heterocycles. The first-order valence-electron chi connectivity index (χ1n) is 9.27. The van der Waals surface area contributed by atoms with E-state index in [0.29, 0.717) is 42.6 Å². The van der Waals surface area contributed by atoms with E-state index in [4.69, 9.17) is 13.9 Å². The summed E-state index contributed by atoms with van der Waals surface area (Å²) in [7, 11) is 0. The lowest BCUT2D eigenvalue weighted by molar-refractivity contribution is 0.0753. The third-order valence-corrected chi connectivity index (χ3v) is 5.78. The second-order valence-electron chi connectivity index (χ2n) is 6.60.